The Balaban J connectivity index is 2.09. The molecular formula is C16H19N3O3S. The minimum Gasteiger partial charge on any atom is -0.748 e. The third-order valence-corrected chi connectivity index (χ3v) is 4.02. The molecule has 1 heterocycles. The van der Waals surface area contributed by atoms with Crippen LogP contribution in [0.1, 0.15) is 19.0 Å². The molecule has 0 unspecified atom stereocenters. The highest BCUT2D eigenvalue weighted by Crippen LogP contribution is 2.05. The standard InChI is InChI=1S/C16H19N3O3S/c1-14(17-18-15-8-3-2-4-9-15)16-10-5-6-11-19(16)12-7-13-23(20,21)22/h2-6,8-11H,7,12-13H2,1H3,(H,20,21,22). The van der Waals surface area contributed by atoms with E-state index in [4.69, 9.17) is 0 Å². The summed E-state index contributed by atoms with van der Waals surface area (Å²) in [5.41, 5.74) is 5.48. The van der Waals surface area contributed by atoms with Crippen molar-refractivity contribution in [2.24, 2.45) is 5.10 Å². The predicted octanol–water partition coefficient (Wildman–Crippen LogP) is 1.75. The van der Waals surface area contributed by atoms with Gasteiger partial charge in [0.25, 0.3) is 0 Å². The van der Waals surface area contributed by atoms with Gasteiger partial charge in [0.1, 0.15) is 12.3 Å². The molecule has 0 fully saturated rings. The first-order valence-electron chi connectivity index (χ1n) is 7.23. The largest absolute Gasteiger partial charge is 0.748 e. The van der Waals surface area contributed by atoms with E-state index in [0.717, 1.165) is 17.1 Å². The maximum absolute atomic E-state index is 10.7. The maximum atomic E-state index is 10.7. The van der Waals surface area contributed by atoms with Gasteiger partial charge in [0.2, 0.25) is 5.69 Å². The van der Waals surface area contributed by atoms with Gasteiger partial charge in [0, 0.05) is 24.3 Å². The van der Waals surface area contributed by atoms with Crippen LogP contribution in [0.15, 0.2) is 59.8 Å². The fourth-order valence-corrected chi connectivity index (χ4v) is 2.61. The Morgan fingerprint density at radius 1 is 1.17 bits per heavy atom. The molecule has 0 amide bonds. The molecular weight excluding hydrogens is 314 g/mol. The fourth-order valence-electron chi connectivity index (χ4n) is 2.13. The van der Waals surface area contributed by atoms with E-state index in [1.54, 1.807) is 0 Å². The van der Waals surface area contributed by atoms with Crippen molar-refractivity contribution in [1.29, 1.82) is 0 Å². The average molecular weight is 333 g/mol. The summed E-state index contributed by atoms with van der Waals surface area (Å²) < 4.78 is 34.0. The zero-order valence-electron chi connectivity index (χ0n) is 12.8. The van der Waals surface area contributed by atoms with Gasteiger partial charge >= 0.3 is 0 Å². The first-order valence-corrected chi connectivity index (χ1v) is 8.81. The number of hydrogen-bond acceptors (Lipinski definition) is 5. The molecule has 1 aromatic heterocycles. The highest BCUT2D eigenvalue weighted by molar-refractivity contribution is 7.85. The number of anilines is 1. The van der Waals surface area contributed by atoms with Crippen molar-refractivity contribution in [3.63, 3.8) is 0 Å². The Labute approximate surface area is 136 Å². The molecule has 6 nitrogen and oxygen atoms in total. The Morgan fingerprint density at radius 2 is 1.87 bits per heavy atom. The molecule has 122 valence electrons. The summed E-state index contributed by atoms with van der Waals surface area (Å²) in [6.07, 6.45) is 2.11. The summed E-state index contributed by atoms with van der Waals surface area (Å²) in [4.78, 5) is 0. The third-order valence-electron chi connectivity index (χ3n) is 3.23. The number of para-hydroxylation sites is 1. The SMILES string of the molecule is C/C(=N/Nc1ccccc1)c1cccc[n+]1CCCS(=O)(=O)[O-]. The number of pyridine rings is 1. The summed E-state index contributed by atoms with van der Waals surface area (Å²) in [6, 6.07) is 15.2. The molecule has 0 aliphatic carbocycles. The zero-order valence-corrected chi connectivity index (χ0v) is 13.7. The molecule has 0 bridgehead atoms. The number of nitrogens with zero attached hydrogens (tertiary/aromatic N) is 2. The smallest absolute Gasteiger partial charge is 0.228 e. The number of hydrazone groups is 1. The number of rotatable bonds is 7. The lowest BCUT2D eigenvalue weighted by molar-refractivity contribution is -0.698. The molecule has 0 radical (unpaired) electrons. The van der Waals surface area contributed by atoms with Gasteiger partial charge in [0.05, 0.1) is 15.8 Å². The van der Waals surface area contributed by atoms with Crippen LogP contribution in [0.5, 0.6) is 0 Å². The molecule has 0 aliphatic rings. The van der Waals surface area contributed by atoms with Crippen molar-refractivity contribution in [3.05, 3.63) is 60.4 Å². The lowest BCUT2D eigenvalue weighted by atomic mass is 10.2. The zero-order chi connectivity index (χ0) is 16.7. The second-order valence-electron chi connectivity index (χ2n) is 5.07. The Kier molecular flexibility index (Phi) is 5.84. The molecule has 0 saturated carbocycles. The maximum Gasteiger partial charge on any atom is 0.228 e. The minimum atomic E-state index is -4.18. The number of aromatic nitrogens is 1. The minimum absolute atomic E-state index is 0.271. The van der Waals surface area contributed by atoms with Crippen LogP contribution in [0, 0.1) is 0 Å². The quantitative estimate of drug-likeness (QED) is 0.362. The molecule has 2 rings (SSSR count). The van der Waals surface area contributed by atoms with Gasteiger partial charge in [-0.15, -0.1) is 0 Å². The van der Waals surface area contributed by atoms with Gasteiger partial charge in [-0.1, -0.05) is 18.2 Å². The summed E-state index contributed by atoms with van der Waals surface area (Å²) in [5, 5.41) is 4.35. The first-order chi connectivity index (χ1) is 11.0. The Hall–Kier alpha value is -2.25. The summed E-state index contributed by atoms with van der Waals surface area (Å²) >= 11 is 0. The fraction of sp³-hybridized carbons (Fsp3) is 0.250. The normalized spacial score (nSPS) is 12.2. The predicted molar refractivity (Wildman–Crippen MR) is 88.1 cm³/mol. The van der Waals surface area contributed by atoms with Crippen molar-refractivity contribution in [2.75, 3.05) is 11.2 Å². The summed E-state index contributed by atoms with van der Waals surface area (Å²) in [6.45, 7) is 2.31. The van der Waals surface area contributed by atoms with E-state index in [-0.39, 0.29) is 12.2 Å². The molecule has 23 heavy (non-hydrogen) atoms. The lowest BCUT2D eigenvalue weighted by Crippen LogP contribution is -2.40. The summed E-state index contributed by atoms with van der Waals surface area (Å²) in [5.74, 6) is -0.368. The molecule has 0 atom stereocenters. The lowest BCUT2D eigenvalue weighted by Gasteiger charge is -2.07. The molecule has 2 aromatic rings. The van der Waals surface area contributed by atoms with E-state index >= 15 is 0 Å². The molecule has 0 spiro atoms. The van der Waals surface area contributed by atoms with E-state index in [1.807, 2.05) is 66.2 Å². The van der Waals surface area contributed by atoms with Crippen LogP contribution >= 0.6 is 0 Å². The van der Waals surface area contributed by atoms with Crippen LogP contribution in [-0.4, -0.2) is 24.4 Å². The van der Waals surface area contributed by atoms with E-state index < -0.39 is 10.1 Å². The molecule has 0 aliphatic heterocycles. The molecule has 1 aromatic carbocycles. The van der Waals surface area contributed by atoms with Crippen molar-refractivity contribution < 1.29 is 17.5 Å². The van der Waals surface area contributed by atoms with Crippen molar-refractivity contribution in [1.82, 2.24) is 0 Å². The van der Waals surface area contributed by atoms with Crippen LogP contribution in [0.2, 0.25) is 0 Å². The van der Waals surface area contributed by atoms with Crippen LogP contribution in [0.4, 0.5) is 5.69 Å². The average Bonchev–Trinajstić information content (AvgIpc) is 2.53. The topological polar surface area (TPSA) is 85.5 Å². The van der Waals surface area contributed by atoms with Gasteiger partial charge in [-0.05, 0) is 25.1 Å². The van der Waals surface area contributed by atoms with Crippen molar-refractivity contribution in [3.8, 4) is 0 Å². The van der Waals surface area contributed by atoms with E-state index in [1.165, 1.54) is 0 Å². The first kappa shape index (κ1) is 17.1. The molecule has 1 N–H and O–H groups in total. The monoisotopic (exact) mass is 333 g/mol. The van der Waals surface area contributed by atoms with Gasteiger partial charge < -0.3 is 4.55 Å². The van der Waals surface area contributed by atoms with Gasteiger partial charge in [-0.25, -0.2) is 8.42 Å². The van der Waals surface area contributed by atoms with Crippen molar-refractivity contribution in [2.45, 2.75) is 19.9 Å². The van der Waals surface area contributed by atoms with E-state index in [9.17, 15) is 13.0 Å². The molecule has 7 heteroatoms. The van der Waals surface area contributed by atoms with Crippen LogP contribution < -0.4 is 9.99 Å². The van der Waals surface area contributed by atoms with Crippen LogP contribution in [-0.2, 0) is 16.7 Å². The molecule has 0 saturated heterocycles. The van der Waals surface area contributed by atoms with Gasteiger partial charge in [0.15, 0.2) is 6.20 Å². The van der Waals surface area contributed by atoms with Crippen molar-refractivity contribution >= 4 is 21.5 Å². The number of nitrogens with one attached hydrogen (secondary N) is 1. The van der Waals surface area contributed by atoms with Gasteiger partial charge in [-0.2, -0.15) is 9.67 Å². The second-order valence-corrected chi connectivity index (χ2v) is 6.59. The van der Waals surface area contributed by atoms with Crippen LogP contribution in [0.3, 0.4) is 0 Å². The number of hydrogen-bond donors (Lipinski definition) is 1. The van der Waals surface area contributed by atoms with Crippen LogP contribution in [0.25, 0.3) is 0 Å². The number of benzene rings is 1. The summed E-state index contributed by atoms with van der Waals surface area (Å²) in [7, 11) is -4.18. The Bertz CT molecular complexity index is 774. The number of aryl methyl sites for hydroxylation is 1. The van der Waals surface area contributed by atoms with Gasteiger partial charge in [-0.3, -0.25) is 5.43 Å². The second kappa shape index (κ2) is 7.85. The third kappa shape index (κ3) is 5.80. The Morgan fingerprint density at radius 3 is 2.57 bits per heavy atom. The highest BCUT2D eigenvalue weighted by Gasteiger charge is 2.13. The van der Waals surface area contributed by atoms with E-state index in [0.29, 0.717) is 6.54 Å². The van der Waals surface area contributed by atoms with E-state index in [2.05, 4.69) is 10.5 Å². The highest BCUT2D eigenvalue weighted by atomic mass is 32.2.